The van der Waals surface area contributed by atoms with Gasteiger partial charge in [0.25, 0.3) is 0 Å². The molecule has 0 saturated heterocycles. The van der Waals surface area contributed by atoms with E-state index in [1.54, 1.807) is 45.0 Å². The molecule has 0 heterocycles. The second kappa shape index (κ2) is 12.0. The van der Waals surface area contributed by atoms with E-state index < -0.39 is 35.6 Å². The predicted molar refractivity (Wildman–Crippen MR) is 136 cm³/mol. The fourth-order valence-electron chi connectivity index (χ4n) is 3.99. The smallest absolute Gasteiger partial charge is 0.408 e. The van der Waals surface area contributed by atoms with E-state index in [2.05, 4.69) is 5.32 Å². The number of carboxylic acid groups (broad SMARTS) is 2. The van der Waals surface area contributed by atoms with Crippen LogP contribution >= 0.6 is 0 Å². The van der Waals surface area contributed by atoms with Crippen LogP contribution in [-0.2, 0) is 20.7 Å². The number of para-hydroxylation sites is 1. The highest BCUT2D eigenvalue weighted by molar-refractivity contribution is 5.81. The number of carbonyl (C=O) groups is 3. The van der Waals surface area contributed by atoms with Gasteiger partial charge < -0.3 is 29.7 Å². The quantitative estimate of drug-likeness (QED) is 0.397. The first-order chi connectivity index (χ1) is 17.4. The minimum absolute atomic E-state index is 0.0434. The first-order valence-electron chi connectivity index (χ1n) is 12.3. The lowest BCUT2D eigenvalue weighted by atomic mass is 9.91. The summed E-state index contributed by atoms with van der Waals surface area (Å²) in [5, 5.41) is 21.4. The van der Waals surface area contributed by atoms with Crippen molar-refractivity contribution in [2.75, 3.05) is 0 Å². The summed E-state index contributed by atoms with van der Waals surface area (Å²) in [7, 11) is 0. The lowest BCUT2D eigenvalue weighted by molar-refractivity contribution is -0.144. The molecule has 1 aliphatic carbocycles. The van der Waals surface area contributed by atoms with E-state index in [1.165, 1.54) is 0 Å². The number of carboxylic acids is 2. The Morgan fingerprint density at radius 3 is 2.14 bits per heavy atom. The van der Waals surface area contributed by atoms with Gasteiger partial charge in [0, 0.05) is 12.8 Å². The zero-order valence-corrected chi connectivity index (χ0v) is 21.6. The van der Waals surface area contributed by atoms with Gasteiger partial charge in [0.2, 0.25) is 0 Å². The highest BCUT2D eigenvalue weighted by Crippen LogP contribution is 2.31. The number of alkyl carbamates (subject to hydrolysis) is 1. The largest absolute Gasteiger partial charge is 0.490 e. The lowest BCUT2D eigenvalue weighted by Crippen LogP contribution is -2.45. The SMILES string of the molecule is Cc1ccccc1OC1CC(Oc2ccc(CC(C[C@H](NC(=O)OC(C)(C)C)C(=O)O)C(=O)O)cc2)C1. The molecule has 1 aliphatic rings. The number of nitrogens with one attached hydrogen (secondary N) is 1. The fourth-order valence-corrected chi connectivity index (χ4v) is 3.99. The number of amides is 1. The minimum Gasteiger partial charge on any atom is -0.490 e. The molecule has 3 N–H and O–H groups in total. The molecule has 0 aliphatic heterocycles. The van der Waals surface area contributed by atoms with E-state index in [9.17, 15) is 24.6 Å². The molecule has 1 unspecified atom stereocenters. The molecule has 0 bridgehead atoms. The third-order valence-electron chi connectivity index (χ3n) is 6.01. The second-order valence-electron chi connectivity index (χ2n) is 10.4. The summed E-state index contributed by atoms with van der Waals surface area (Å²) in [6.45, 7) is 6.97. The summed E-state index contributed by atoms with van der Waals surface area (Å²) in [5.74, 6) is -1.94. The molecule has 37 heavy (non-hydrogen) atoms. The average molecular weight is 514 g/mol. The van der Waals surface area contributed by atoms with Crippen LogP contribution in [-0.4, -0.2) is 52.1 Å². The van der Waals surface area contributed by atoms with E-state index >= 15 is 0 Å². The van der Waals surface area contributed by atoms with Crippen molar-refractivity contribution in [3.8, 4) is 11.5 Å². The van der Waals surface area contributed by atoms with E-state index in [4.69, 9.17) is 14.2 Å². The van der Waals surface area contributed by atoms with E-state index in [-0.39, 0.29) is 25.0 Å². The Labute approximate surface area is 216 Å². The topological polar surface area (TPSA) is 131 Å². The first-order valence-corrected chi connectivity index (χ1v) is 12.3. The Morgan fingerprint density at radius 2 is 1.57 bits per heavy atom. The highest BCUT2D eigenvalue weighted by Gasteiger charge is 2.33. The Bertz CT molecular complexity index is 1090. The molecule has 2 aromatic carbocycles. The van der Waals surface area contributed by atoms with Crippen LogP contribution in [0.15, 0.2) is 48.5 Å². The fraction of sp³-hybridized carbons (Fsp3) is 0.464. The Morgan fingerprint density at radius 1 is 0.946 bits per heavy atom. The van der Waals surface area contributed by atoms with Crippen molar-refractivity contribution < 1.29 is 38.8 Å². The van der Waals surface area contributed by atoms with Gasteiger partial charge in [-0.1, -0.05) is 30.3 Å². The number of hydrogen-bond acceptors (Lipinski definition) is 6. The number of ether oxygens (including phenoxy) is 3. The van der Waals surface area contributed by atoms with Gasteiger partial charge in [0.05, 0.1) is 5.92 Å². The third kappa shape index (κ3) is 8.70. The summed E-state index contributed by atoms with van der Waals surface area (Å²) < 4.78 is 17.1. The van der Waals surface area contributed by atoms with Crippen molar-refractivity contribution in [2.24, 2.45) is 5.92 Å². The van der Waals surface area contributed by atoms with Crippen LogP contribution in [0.4, 0.5) is 4.79 Å². The van der Waals surface area contributed by atoms with Gasteiger partial charge in [0.1, 0.15) is 35.3 Å². The van der Waals surface area contributed by atoms with Crippen LogP contribution in [0.3, 0.4) is 0 Å². The minimum atomic E-state index is -1.40. The summed E-state index contributed by atoms with van der Waals surface area (Å²) in [4.78, 5) is 35.5. The maximum absolute atomic E-state index is 12.0. The molecular weight excluding hydrogens is 478 g/mol. The predicted octanol–water partition coefficient (Wildman–Crippen LogP) is 4.60. The van der Waals surface area contributed by atoms with Gasteiger partial charge in [0.15, 0.2) is 0 Å². The van der Waals surface area contributed by atoms with Gasteiger partial charge in [-0.2, -0.15) is 0 Å². The van der Waals surface area contributed by atoms with Crippen molar-refractivity contribution >= 4 is 18.0 Å². The van der Waals surface area contributed by atoms with E-state index in [0.29, 0.717) is 5.75 Å². The molecule has 1 amide bonds. The molecular formula is C28H35NO8. The summed E-state index contributed by atoms with van der Waals surface area (Å²) in [5.41, 5.74) is 1.00. The lowest BCUT2D eigenvalue weighted by Gasteiger charge is -2.35. The van der Waals surface area contributed by atoms with Crippen LogP contribution in [0.5, 0.6) is 11.5 Å². The number of benzene rings is 2. The Hall–Kier alpha value is -3.75. The van der Waals surface area contributed by atoms with Gasteiger partial charge >= 0.3 is 18.0 Å². The number of rotatable bonds is 11. The molecule has 0 aromatic heterocycles. The second-order valence-corrected chi connectivity index (χ2v) is 10.4. The van der Waals surface area contributed by atoms with Crippen molar-refractivity contribution in [1.29, 1.82) is 0 Å². The first kappa shape index (κ1) is 27.8. The van der Waals surface area contributed by atoms with Crippen LogP contribution in [0, 0.1) is 12.8 Å². The Kier molecular flexibility index (Phi) is 9.02. The molecule has 2 aromatic rings. The van der Waals surface area contributed by atoms with Crippen molar-refractivity contribution in [3.05, 3.63) is 59.7 Å². The van der Waals surface area contributed by atoms with Crippen molar-refractivity contribution in [3.63, 3.8) is 0 Å². The van der Waals surface area contributed by atoms with Crippen LogP contribution in [0.2, 0.25) is 0 Å². The molecule has 0 radical (unpaired) electrons. The number of carbonyl (C=O) groups excluding carboxylic acids is 1. The van der Waals surface area contributed by atoms with Gasteiger partial charge in [-0.05, 0) is 69.9 Å². The summed E-state index contributed by atoms with van der Waals surface area (Å²) >= 11 is 0. The average Bonchev–Trinajstić information content (AvgIpc) is 2.77. The molecule has 200 valence electrons. The number of aryl methyl sites for hydroxylation is 1. The van der Waals surface area contributed by atoms with Gasteiger partial charge in [-0.3, -0.25) is 4.79 Å². The zero-order chi connectivity index (χ0) is 27.2. The van der Waals surface area contributed by atoms with Crippen LogP contribution < -0.4 is 14.8 Å². The number of aliphatic carboxylic acids is 2. The maximum Gasteiger partial charge on any atom is 0.408 e. The van der Waals surface area contributed by atoms with E-state index in [0.717, 1.165) is 29.7 Å². The highest BCUT2D eigenvalue weighted by atomic mass is 16.6. The zero-order valence-electron chi connectivity index (χ0n) is 21.6. The van der Waals surface area contributed by atoms with Gasteiger partial charge in [-0.15, -0.1) is 0 Å². The van der Waals surface area contributed by atoms with E-state index in [1.807, 2.05) is 31.2 Å². The van der Waals surface area contributed by atoms with Crippen molar-refractivity contribution in [2.45, 2.75) is 77.2 Å². The standard InChI is InChI=1S/C28H35NO8/c1-17-7-5-6-8-24(17)36-22-15-21(16-22)35-20-11-9-18(10-12-20)13-19(25(30)31)14-23(26(32)33)29-27(34)37-28(2,3)4/h5-12,19,21-23H,13-16H2,1-4H3,(H,29,34)(H,30,31)(H,32,33)/t19?,21?,22?,23-/m0/s1. The van der Waals surface area contributed by atoms with Crippen molar-refractivity contribution in [1.82, 2.24) is 5.32 Å². The number of hydrogen-bond donors (Lipinski definition) is 3. The normalized spacial score (nSPS) is 18.6. The van der Waals surface area contributed by atoms with Crippen LogP contribution in [0.1, 0.15) is 51.2 Å². The molecule has 1 fully saturated rings. The molecule has 9 nitrogen and oxygen atoms in total. The maximum atomic E-state index is 12.0. The molecule has 3 rings (SSSR count). The molecule has 9 heteroatoms. The third-order valence-corrected chi connectivity index (χ3v) is 6.01. The van der Waals surface area contributed by atoms with Gasteiger partial charge in [-0.25, -0.2) is 9.59 Å². The van der Waals surface area contributed by atoms with Crippen LogP contribution in [0.25, 0.3) is 0 Å². The summed E-state index contributed by atoms with van der Waals surface area (Å²) in [6, 6.07) is 13.6. The molecule has 1 saturated carbocycles. The Balaban J connectivity index is 1.51. The summed E-state index contributed by atoms with van der Waals surface area (Å²) in [6.07, 6.45) is 0.613. The molecule has 2 atom stereocenters. The molecule has 0 spiro atoms. The monoisotopic (exact) mass is 513 g/mol.